The first-order chi connectivity index (χ1) is 26.1. The fraction of sp³-hybridized carbons (Fsp3) is 0.235. The van der Waals surface area contributed by atoms with Crippen LogP contribution in [-0.2, 0) is 10.8 Å². The summed E-state index contributed by atoms with van der Waals surface area (Å²) in [7, 11) is 0. The van der Waals surface area contributed by atoms with Gasteiger partial charge in [0.15, 0.2) is 5.71 Å². The summed E-state index contributed by atoms with van der Waals surface area (Å²) >= 11 is 0. The molecule has 0 saturated heterocycles. The zero-order valence-electron chi connectivity index (χ0n) is 33.1. The Morgan fingerprint density at radius 2 is 1.22 bits per heavy atom. The molecular weight excluding hydrogens is 655 g/mol. The van der Waals surface area contributed by atoms with Crippen LogP contribution in [0.25, 0.3) is 11.1 Å². The molecule has 1 aliphatic carbocycles. The van der Waals surface area contributed by atoms with E-state index >= 15 is 0 Å². The standard InChI is InChI=1S/C51H52N3/c1-9-52-45-29-25-35(3)33-43(45)50(5,6)47(52)31-27-41-39-23-17-18-24-40(39)42(49(41)54(37-19-13-11-14-20-37)38-21-15-12-16-22-38)28-32-48-51(7,8)44-34-36(4)26-30-46(44)53(48)10-2/h11-34H,9-10H2,1-8H3/q+1. The van der Waals surface area contributed by atoms with Crippen LogP contribution in [-0.4, -0.2) is 23.4 Å². The van der Waals surface area contributed by atoms with Crippen molar-refractivity contribution in [2.24, 2.45) is 0 Å². The highest BCUT2D eigenvalue weighted by Gasteiger charge is 2.44. The molecule has 0 unspecified atom stereocenters. The van der Waals surface area contributed by atoms with Crippen molar-refractivity contribution in [3.05, 3.63) is 190 Å². The number of anilines is 3. The average Bonchev–Trinajstić information content (AvgIpc) is 3.68. The Morgan fingerprint density at radius 1 is 0.630 bits per heavy atom. The third-order valence-electron chi connectivity index (χ3n) is 11.8. The Hall–Kier alpha value is -5.67. The second-order valence-corrected chi connectivity index (χ2v) is 15.9. The van der Waals surface area contributed by atoms with Gasteiger partial charge in [-0.3, -0.25) is 0 Å². The van der Waals surface area contributed by atoms with E-state index in [2.05, 4.69) is 215 Å². The molecule has 0 saturated carbocycles. The molecular formula is C51H52N3+. The normalized spacial score (nSPS) is 18.3. The second kappa shape index (κ2) is 13.6. The maximum absolute atomic E-state index is 2.50. The zero-order chi connectivity index (χ0) is 37.8. The summed E-state index contributed by atoms with van der Waals surface area (Å²) in [5.74, 6) is 0. The highest BCUT2D eigenvalue weighted by Crippen LogP contribution is 2.51. The molecule has 0 aromatic heterocycles. The summed E-state index contributed by atoms with van der Waals surface area (Å²) in [6.45, 7) is 20.2. The van der Waals surface area contributed by atoms with Crippen molar-refractivity contribution < 1.29 is 4.58 Å². The van der Waals surface area contributed by atoms with Crippen LogP contribution in [0.3, 0.4) is 0 Å². The second-order valence-electron chi connectivity index (χ2n) is 15.9. The number of aryl methyl sites for hydroxylation is 2. The smallest absolute Gasteiger partial charge is 0.209 e. The van der Waals surface area contributed by atoms with Gasteiger partial charge in [-0.2, -0.15) is 4.58 Å². The molecule has 8 rings (SSSR count). The van der Waals surface area contributed by atoms with Gasteiger partial charge in [0.25, 0.3) is 0 Å². The number of likely N-dealkylation sites (N-methyl/N-ethyl adjacent to an activating group) is 1. The third-order valence-corrected chi connectivity index (χ3v) is 11.8. The van der Waals surface area contributed by atoms with Crippen molar-refractivity contribution in [2.75, 3.05) is 22.9 Å². The van der Waals surface area contributed by atoms with Crippen molar-refractivity contribution in [3.8, 4) is 0 Å². The summed E-state index contributed by atoms with van der Waals surface area (Å²) in [5, 5.41) is 0. The van der Waals surface area contributed by atoms with Crippen molar-refractivity contribution in [2.45, 2.75) is 66.2 Å². The first kappa shape index (κ1) is 35.4. The fourth-order valence-corrected chi connectivity index (χ4v) is 9.08. The average molecular weight is 707 g/mol. The van der Waals surface area contributed by atoms with Gasteiger partial charge in [-0.15, -0.1) is 0 Å². The minimum Gasteiger partial charge on any atom is -0.344 e. The lowest BCUT2D eigenvalue weighted by Crippen LogP contribution is -2.27. The molecule has 54 heavy (non-hydrogen) atoms. The van der Waals surface area contributed by atoms with Crippen LogP contribution in [0.15, 0.2) is 157 Å². The van der Waals surface area contributed by atoms with Gasteiger partial charge in [0.05, 0.1) is 11.1 Å². The van der Waals surface area contributed by atoms with Crippen molar-refractivity contribution in [3.63, 3.8) is 0 Å². The highest BCUT2D eigenvalue weighted by atomic mass is 15.2. The molecule has 2 heterocycles. The molecule has 0 N–H and O–H groups in total. The summed E-state index contributed by atoms with van der Waals surface area (Å²) in [4.78, 5) is 4.96. The predicted molar refractivity (Wildman–Crippen MR) is 230 cm³/mol. The number of nitrogens with zero attached hydrogens (tertiary/aromatic N) is 3. The van der Waals surface area contributed by atoms with Crippen LogP contribution in [0.1, 0.15) is 74.9 Å². The zero-order valence-corrected chi connectivity index (χ0v) is 33.1. The lowest BCUT2D eigenvalue weighted by Gasteiger charge is -2.29. The minimum atomic E-state index is -0.140. The third kappa shape index (κ3) is 5.69. The largest absolute Gasteiger partial charge is 0.344 e. The maximum Gasteiger partial charge on any atom is 0.209 e. The van der Waals surface area contributed by atoms with Crippen LogP contribution >= 0.6 is 0 Å². The Morgan fingerprint density at radius 3 is 1.85 bits per heavy atom. The van der Waals surface area contributed by atoms with Crippen LogP contribution in [0, 0.1) is 13.8 Å². The highest BCUT2D eigenvalue weighted by molar-refractivity contribution is 6.10. The number of fused-ring (bicyclic) bond motifs is 3. The summed E-state index contributed by atoms with van der Waals surface area (Å²) in [6.07, 6.45) is 9.60. The van der Waals surface area contributed by atoms with E-state index in [4.69, 9.17) is 0 Å². The Bertz CT molecular complexity index is 2380. The monoisotopic (exact) mass is 706 g/mol. The molecule has 3 heteroatoms. The number of benzene rings is 5. The minimum absolute atomic E-state index is 0.140. The van der Waals surface area contributed by atoms with Gasteiger partial charge in [-0.25, -0.2) is 0 Å². The lowest BCUT2D eigenvalue weighted by molar-refractivity contribution is -0.433. The van der Waals surface area contributed by atoms with E-state index in [9.17, 15) is 0 Å². The Labute approximate surface area is 322 Å². The Kier molecular flexibility index (Phi) is 8.93. The molecule has 5 aromatic carbocycles. The topological polar surface area (TPSA) is 9.49 Å². The van der Waals surface area contributed by atoms with E-state index < -0.39 is 0 Å². The summed E-state index contributed by atoms with van der Waals surface area (Å²) in [6, 6.07) is 44.5. The molecule has 0 spiro atoms. The van der Waals surface area contributed by atoms with Crippen LogP contribution in [0.2, 0.25) is 0 Å². The number of hydrogen-bond acceptors (Lipinski definition) is 2. The van der Waals surface area contributed by atoms with E-state index in [0.29, 0.717) is 0 Å². The molecule has 3 nitrogen and oxygen atoms in total. The quantitative estimate of drug-likeness (QED) is 0.149. The molecule has 0 radical (unpaired) electrons. The fourth-order valence-electron chi connectivity index (χ4n) is 9.08. The first-order valence-electron chi connectivity index (χ1n) is 19.6. The Balaban J connectivity index is 1.39. The van der Waals surface area contributed by atoms with Crippen molar-refractivity contribution in [1.29, 1.82) is 0 Å². The number of allylic oxidation sites excluding steroid dienone is 7. The van der Waals surface area contributed by atoms with Gasteiger partial charge in [-0.05, 0) is 107 Å². The number of para-hydroxylation sites is 2. The van der Waals surface area contributed by atoms with E-state index in [0.717, 1.165) is 24.5 Å². The summed E-state index contributed by atoms with van der Waals surface area (Å²) in [5.41, 5.74) is 18.7. The number of hydrogen-bond donors (Lipinski definition) is 0. The van der Waals surface area contributed by atoms with Gasteiger partial charge < -0.3 is 9.80 Å². The molecule has 2 aliphatic heterocycles. The lowest BCUT2D eigenvalue weighted by atomic mass is 9.80. The molecule has 5 aromatic rings. The SMILES string of the molecule is CCN1C(=CC=C2C(N(c3ccccc3)c3ccccc3)=C(C=CC3=[N+](CC)c4ccc(C)cc4C3(C)C)c3ccccc32)C(C)(C)c2cc(C)ccc21. The first-order valence-corrected chi connectivity index (χ1v) is 19.6. The van der Waals surface area contributed by atoms with Gasteiger partial charge in [0, 0.05) is 63.6 Å². The molecule has 0 bridgehead atoms. The van der Waals surface area contributed by atoms with E-state index in [1.807, 2.05) is 0 Å². The van der Waals surface area contributed by atoms with Crippen LogP contribution < -0.4 is 9.80 Å². The molecule has 0 amide bonds. The van der Waals surface area contributed by atoms with E-state index in [1.54, 1.807) is 0 Å². The van der Waals surface area contributed by atoms with Crippen LogP contribution in [0.5, 0.6) is 0 Å². The van der Waals surface area contributed by atoms with Gasteiger partial charge in [0.1, 0.15) is 6.54 Å². The number of rotatable bonds is 8. The molecule has 3 aliphatic rings. The molecule has 0 fully saturated rings. The van der Waals surface area contributed by atoms with Crippen molar-refractivity contribution >= 4 is 39.6 Å². The van der Waals surface area contributed by atoms with Crippen molar-refractivity contribution in [1.82, 2.24) is 0 Å². The van der Waals surface area contributed by atoms with E-state index in [-0.39, 0.29) is 10.8 Å². The van der Waals surface area contributed by atoms with Crippen LogP contribution in [0.4, 0.5) is 22.7 Å². The van der Waals surface area contributed by atoms with Gasteiger partial charge in [0.2, 0.25) is 5.69 Å². The maximum atomic E-state index is 2.50. The summed E-state index contributed by atoms with van der Waals surface area (Å²) < 4.78 is 2.50. The molecule has 0 atom stereocenters. The predicted octanol–water partition coefficient (Wildman–Crippen LogP) is 12.6. The molecule has 270 valence electrons. The van der Waals surface area contributed by atoms with Gasteiger partial charge >= 0.3 is 0 Å². The van der Waals surface area contributed by atoms with E-state index in [1.165, 1.54) is 73.0 Å². The van der Waals surface area contributed by atoms with Gasteiger partial charge in [-0.1, -0.05) is 110 Å².